The summed E-state index contributed by atoms with van der Waals surface area (Å²) >= 11 is 5.95. The zero-order valence-electron chi connectivity index (χ0n) is 14.3. The van der Waals surface area contributed by atoms with Crippen molar-refractivity contribution in [1.29, 1.82) is 0 Å². The van der Waals surface area contributed by atoms with Crippen molar-refractivity contribution in [2.24, 2.45) is 0 Å². The molecule has 2 heterocycles. The fraction of sp³-hybridized carbons (Fsp3) is 0.143. The number of para-hydroxylation sites is 1. The van der Waals surface area contributed by atoms with Crippen LogP contribution in [0.25, 0.3) is 0 Å². The Balaban J connectivity index is 1.55. The van der Waals surface area contributed by atoms with Gasteiger partial charge in [0.1, 0.15) is 5.82 Å². The van der Waals surface area contributed by atoms with Gasteiger partial charge in [0.25, 0.3) is 5.91 Å². The van der Waals surface area contributed by atoms with E-state index in [1.165, 1.54) is 11.3 Å². The standard InChI is InChI=1S/C21H18ClN3O/c1-14-11-15-5-2-3-8-19(15)25(14)20-10-9-16(13-23-20)21(26)24-18-7-4-6-17(22)12-18/h2-10,12-14H,11H2,1H3,(H,24,26). The van der Waals surface area contributed by atoms with Crippen LogP contribution in [0.2, 0.25) is 5.02 Å². The lowest BCUT2D eigenvalue weighted by Gasteiger charge is -2.23. The van der Waals surface area contributed by atoms with Gasteiger partial charge in [-0.1, -0.05) is 35.9 Å². The van der Waals surface area contributed by atoms with Gasteiger partial charge in [0, 0.05) is 28.6 Å². The number of anilines is 3. The monoisotopic (exact) mass is 363 g/mol. The number of hydrogen-bond donors (Lipinski definition) is 1. The highest BCUT2D eigenvalue weighted by atomic mass is 35.5. The van der Waals surface area contributed by atoms with Crippen molar-refractivity contribution >= 4 is 34.7 Å². The molecule has 0 spiro atoms. The van der Waals surface area contributed by atoms with Crippen molar-refractivity contribution in [3.63, 3.8) is 0 Å². The van der Waals surface area contributed by atoms with E-state index in [0.717, 1.165) is 12.2 Å². The molecule has 130 valence electrons. The second kappa shape index (κ2) is 6.81. The largest absolute Gasteiger partial charge is 0.323 e. The molecule has 1 amide bonds. The van der Waals surface area contributed by atoms with Crippen LogP contribution in [0.15, 0.2) is 66.9 Å². The number of carbonyl (C=O) groups excluding carboxylic acids is 1. The third-order valence-corrected chi connectivity index (χ3v) is 4.78. The van der Waals surface area contributed by atoms with Gasteiger partial charge in [-0.25, -0.2) is 4.98 Å². The summed E-state index contributed by atoms with van der Waals surface area (Å²) in [6.07, 6.45) is 2.61. The van der Waals surface area contributed by atoms with Gasteiger partial charge in [0.05, 0.1) is 5.56 Å². The van der Waals surface area contributed by atoms with Crippen molar-refractivity contribution in [2.45, 2.75) is 19.4 Å². The van der Waals surface area contributed by atoms with Gasteiger partial charge in [-0.2, -0.15) is 0 Å². The average Bonchev–Trinajstić information content (AvgIpc) is 2.97. The highest BCUT2D eigenvalue weighted by molar-refractivity contribution is 6.30. The van der Waals surface area contributed by atoms with Crippen molar-refractivity contribution in [3.8, 4) is 0 Å². The molecule has 0 fully saturated rings. The van der Waals surface area contributed by atoms with Crippen LogP contribution in [0, 0.1) is 0 Å². The molecule has 3 aromatic rings. The van der Waals surface area contributed by atoms with Crippen LogP contribution in [0.4, 0.5) is 17.2 Å². The Morgan fingerprint density at radius 2 is 2.00 bits per heavy atom. The van der Waals surface area contributed by atoms with Gasteiger partial charge >= 0.3 is 0 Å². The van der Waals surface area contributed by atoms with Crippen molar-refractivity contribution in [3.05, 3.63) is 83.0 Å². The summed E-state index contributed by atoms with van der Waals surface area (Å²) in [6, 6.07) is 19.5. The molecule has 0 bridgehead atoms. The molecule has 1 N–H and O–H groups in total. The first-order valence-corrected chi connectivity index (χ1v) is 8.90. The quantitative estimate of drug-likeness (QED) is 0.706. The predicted octanol–water partition coefficient (Wildman–Crippen LogP) is 5.07. The number of rotatable bonds is 3. The Morgan fingerprint density at radius 1 is 1.15 bits per heavy atom. The second-order valence-corrected chi connectivity index (χ2v) is 6.86. The summed E-state index contributed by atoms with van der Waals surface area (Å²) in [5.74, 6) is 0.642. The zero-order valence-corrected chi connectivity index (χ0v) is 15.1. The molecular formula is C21H18ClN3O. The highest BCUT2D eigenvalue weighted by Crippen LogP contribution is 2.36. The summed E-state index contributed by atoms with van der Waals surface area (Å²) < 4.78 is 0. The second-order valence-electron chi connectivity index (χ2n) is 6.42. The summed E-state index contributed by atoms with van der Waals surface area (Å²) in [5, 5.41) is 3.42. The molecule has 1 aromatic heterocycles. The predicted molar refractivity (Wildman–Crippen MR) is 105 cm³/mol. The summed E-state index contributed by atoms with van der Waals surface area (Å²) in [4.78, 5) is 19.2. The molecule has 2 aromatic carbocycles. The smallest absolute Gasteiger partial charge is 0.257 e. The van der Waals surface area contributed by atoms with Gasteiger partial charge in [0.2, 0.25) is 0 Å². The Labute approximate surface area is 157 Å². The molecule has 0 saturated carbocycles. The first-order chi connectivity index (χ1) is 12.6. The lowest BCUT2D eigenvalue weighted by atomic mass is 10.1. The van der Waals surface area contributed by atoms with E-state index in [2.05, 4.69) is 40.3 Å². The number of amides is 1. The number of hydrogen-bond acceptors (Lipinski definition) is 3. The summed E-state index contributed by atoms with van der Waals surface area (Å²) in [7, 11) is 0. The SMILES string of the molecule is CC1Cc2ccccc2N1c1ccc(C(=O)Nc2cccc(Cl)c2)cn1. The molecule has 4 nitrogen and oxygen atoms in total. The fourth-order valence-corrected chi connectivity index (χ4v) is 3.54. The first-order valence-electron chi connectivity index (χ1n) is 8.52. The average molecular weight is 364 g/mol. The maximum Gasteiger partial charge on any atom is 0.257 e. The Morgan fingerprint density at radius 3 is 2.77 bits per heavy atom. The summed E-state index contributed by atoms with van der Waals surface area (Å²) in [6.45, 7) is 2.18. The normalized spacial score (nSPS) is 15.6. The number of halogens is 1. The van der Waals surface area contributed by atoms with E-state index < -0.39 is 0 Å². The lowest BCUT2D eigenvalue weighted by molar-refractivity contribution is 0.102. The molecule has 0 radical (unpaired) electrons. The Hall–Kier alpha value is -2.85. The molecule has 5 heteroatoms. The molecule has 1 atom stereocenters. The topological polar surface area (TPSA) is 45.2 Å². The number of benzene rings is 2. The van der Waals surface area contributed by atoms with Crippen LogP contribution in [0.1, 0.15) is 22.8 Å². The third-order valence-electron chi connectivity index (χ3n) is 4.55. The van der Waals surface area contributed by atoms with Gasteiger partial charge < -0.3 is 10.2 Å². The minimum Gasteiger partial charge on any atom is -0.323 e. The zero-order chi connectivity index (χ0) is 18.1. The molecule has 1 aliphatic heterocycles. The van der Waals surface area contributed by atoms with Crippen molar-refractivity contribution in [2.75, 3.05) is 10.2 Å². The van der Waals surface area contributed by atoms with Crippen LogP contribution in [-0.2, 0) is 6.42 Å². The Kier molecular flexibility index (Phi) is 4.35. The highest BCUT2D eigenvalue weighted by Gasteiger charge is 2.27. The van der Waals surface area contributed by atoms with Crippen LogP contribution in [-0.4, -0.2) is 16.9 Å². The number of nitrogens with zero attached hydrogens (tertiary/aromatic N) is 2. The molecule has 1 aliphatic rings. The Bertz CT molecular complexity index is 955. The third kappa shape index (κ3) is 3.16. The van der Waals surface area contributed by atoms with Gasteiger partial charge in [-0.3, -0.25) is 4.79 Å². The van der Waals surface area contributed by atoms with E-state index in [4.69, 9.17) is 11.6 Å². The van der Waals surface area contributed by atoms with E-state index in [-0.39, 0.29) is 5.91 Å². The maximum atomic E-state index is 12.4. The molecule has 0 saturated heterocycles. The number of carbonyl (C=O) groups is 1. The van der Waals surface area contributed by atoms with E-state index in [9.17, 15) is 4.79 Å². The van der Waals surface area contributed by atoms with Crippen LogP contribution in [0.3, 0.4) is 0 Å². The summed E-state index contributed by atoms with van der Waals surface area (Å²) in [5.41, 5.74) is 3.68. The lowest BCUT2D eigenvalue weighted by Crippen LogP contribution is -2.25. The molecular weight excluding hydrogens is 346 g/mol. The minimum absolute atomic E-state index is 0.207. The number of fused-ring (bicyclic) bond motifs is 1. The van der Waals surface area contributed by atoms with Crippen LogP contribution >= 0.6 is 11.6 Å². The van der Waals surface area contributed by atoms with Gasteiger partial charge in [-0.15, -0.1) is 0 Å². The number of nitrogens with one attached hydrogen (secondary N) is 1. The van der Waals surface area contributed by atoms with Gasteiger partial charge in [-0.05, 0) is 55.3 Å². The first kappa shape index (κ1) is 16.6. The minimum atomic E-state index is -0.207. The number of pyridine rings is 1. The number of aromatic nitrogens is 1. The van der Waals surface area contributed by atoms with E-state index >= 15 is 0 Å². The van der Waals surface area contributed by atoms with E-state index in [0.29, 0.717) is 22.3 Å². The van der Waals surface area contributed by atoms with Crippen LogP contribution in [0.5, 0.6) is 0 Å². The van der Waals surface area contributed by atoms with Crippen LogP contribution < -0.4 is 10.2 Å². The fourth-order valence-electron chi connectivity index (χ4n) is 3.35. The van der Waals surface area contributed by atoms with Gasteiger partial charge in [0.15, 0.2) is 0 Å². The molecule has 26 heavy (non-hydrogen) atoms. The van der Waals surface area contributed by atoms with E-state index in [1.54, 1.807) is 36.5 Å². The molecule has 0 aliphatic carbocycles. The van der Waals surface area contributed by atoms with Crippen molar-refractivity contribution < 1.29 is 4.79 Å². The van der Waals surface area contributed by atoms with E-state index in [1.807, 2.05) is 12.1 Å². The van der Waals surface area contributed by atoms with Crippen molar-refractivity contribution in [1.82, 2.24) is 4.98 Å². The maximum absolute atomic E-state index is 12.4. The molecule has 4 rings (SSSR count). The molecule has 1 unspecified atom stereocenters.